The molecule has 2 N–H and O–H groups in total. The molecule has 1 aliphatic rings. The number of hydrogen-bond acceptors (Lipinski definition) is 2. The van der Waals surface area contributed by atoms with Crippen molar-refractivity contribution in [3.05, 3.63) is 95.7 Å². The molecular formula is C27H26N2O2. The summed E-state index contributed by atoms with van der Waals surface area (Å²) in [6.07, 6.45) is 6.87. The number of nitrogens with one attached hydrogen (secondary N) is 1. The first-order valence-electron chi connectivity index (χ1n) is 10.9. The number of rotatable bonds is 6. The second-order valence-electron chi connectivity index (χ2n) is 8.42. The van der Waals surface area contributed by atoms with Crippen LogP contribution in [-0.4, -0.2) is 15.6 Å². The van der Waals surface area contributed by atoms with Crippen molar-refractivity contribution in [2.75, 3.05) is 5.32 Å². The minimum atomic E-state index is -0.891. The van der Waals surface area contributed by atoms with Crippen LogP contribution in [0.5, 0.6) is 0 Å². The highest BCUT2D eigenvalue weighted by atomic mass is 16.4. The van der Waals surface area contributed by atoms with Gasteiger partial charge in [-0.15, -0.1) is 0 Å². The molecule has 0 saturated heterocycles. The van der Waals surface area contributed by atoms with Crippen LogP contribution in [0.15, 0.2) is 79.0 Å². The van der Waals surface area contributed by atoms with Gasteiger partial charge in [0.05, 0.1) is 11.3 Å². The van der Waals surface area contributed by atoms with Crippen molar-refractivity contribution in [2.45, 2.75) is 38.1 Å². The van der Waals surface area contributed by atoms with Crippen LogP contribution in [0.2, 0.25) is 0 Å². The lowest BCUT2D eigenvalue weighted by molar-refractivity contribution is 0.0698. The molecule has 156 valence electrons. The minimum Gasteiger partial charge on any atom is -0.478 e. The molecule has 1 aliphatic carbocycles. The van der Waals surface area contributed by atoms with E-state index in [-0.39, 0.29) is 0 Å². The van der Waals surface area contributed by atoms with Crippen LogP contribution in [-0.2, 0) is 6.54 Å². The molecule has 4 nitrogen and oxygen atoms in total. The Labute approximate surface area is 182 Å². The highest BCUT2D eigenvalue weighted by Crippen LogP contribution is 2.36. The van der Waals surface area contributed by atoms with Gasteiger partial charge in [0.15, 0.2) is 0 Å². The van der Waals surface area contributed by atoms with Crippen LogP contribution in [0, 0.1) is 0 Å². The molecule has 3 aromatic carbocycles. The zero-order chi connectivity index (χ0) is 21.2. The molecule has 1 heterocycles. The fourth-order valence-corrected chi connectivity index (χ4v) is 4.71. The number of aromatic carboxylic acids is 1. The summed E-state index contributed by atoms with van der Waals surface area (Å²) in [5.74, 6) is -0.398. The summed E-state index contributed by atoms with van der Waals surface area (Å²) >= 11 is 0. The fraction of sp³-hybridized carbons (Fsp3) is 0.222. The molecule has 1 saturated carbocycles. The predicted octanol–water partition coefficient (Wildman–Crippen LogP) is 6.79. The summed E-state index contributed by atoms with van der Waals surface area (Å²) in [4.78, 5) is 11.9. The Balaban J connectivity index is 1.40. The third-order valence-electron chi connectivity index (χ3n) is 6.35. The van der Waals surface area contributed by atoms with Gasteiger partial charge in [-0.05, 0) is 66.3 Å². The summed E-state index contributed by atoms with van der Waals surface area (Å²) in [5, 5.41) is 14.2. The van der Waals surface area contributed by atoms with E-state index >= 15 is 0 Å². The SMILES string of the molecule is O=C(O)c1cc(C2CCCC2)ccc1Nc1ccc2c(ccn2Cc2ccccc2)c1. The van der Waals surface area contributed by atoms with Crippen LogP contribution in [0.25, 0.3) is 10.9 Å². The molecule has 0 bridgehead atoms. The van der Waals surface area contributed by atoms with Gasteiger partial charge in [-0.3, -0.25) is 0 Å². The number of hydrogen-bond donors (Lipinski definition) is 2. The zero-order valence-corrected chi connectivity index (χ0v) is 17.4. The number of aromatic nitrogens is 1. The van der Waals surface area contributed by atoms with Gasteiger partial charge in [0.1, 0.15) is 0 Å². The van der Waals surface area contributed by atoms with Crippen molar-refractivity contribution in [1.82, 2.24) is 4.57 Å². The Kier molecular flexibility index (Phi) is 5.21. The van der Waals surface area contributed by atoms with E-state index in [1.54, 1.807) is 0 Å². The van der Waals surface area contributed by atoms with Gasteiger partial charge >= 0.3 is 5.97 Å². The number of carbonyl (C=O) groups is 1. The topological polar surface area (TPSA) is 54.3 Å². The van der Waals surface area contributed by atoms with Gasteiger partial charge in [-0.2, -0.15) is 0 Å². The lowest BCUT2D eigenvalue weighted by Gasteiger charge is -2.15. The largest absolute Gasteiger partial charge is 0.478 e. The van der Waals surface area contributed by atoms with Gasteiger partial charge in [0.25, 0.3) is 0 Å². The first-order valence-corrected chi connectivity index (χ1v) is 10.9. The molecule has 31 heavy (non-hydrogen) atoms. The Morgan fingerprint density at radius 1 is 0.968 bits per heavy atom. The van der Waals surface area contributed by atoms with Crippen molar-refractivity contribution in [2.24, 2.45) is 0 Å². The fourth-order valence-electron chi connectivity index (χ4n) is 4.71. The van der Waals surface area contributed by atoms with Gasteiger partial charge in [0, 0.05) is 29.3 Å². The first kappa shape index (κ1) is 19.4. The van der Waals surface area contributed by atoms with Gasteiger partial charge in [-0.25, -0.2) is 4.79 Å². The number of fused-ring (bicyclic) bond motifs is 1. The maximum atomic E-state index is 11.9. The summed E-state index contributed by atoms with van der Waals surface area (Å²) < 4.78 is 2.23. The van der Waals surface area contributed by atoms with Crippen LogP contribution < -0.4 is 5.32 Å². The average Bonchev–Trinajstić information content (AvgIpc) is 3.45. The lowest BCUT2D eigenvalue weighted by atomic mass is 9.95. The first-order chi connectivity index (χ1) is 15.2. The van der Waals surface area contributed by atoms with Gasteiger partial charge < -0.3 is 15.0 Å². The molecular weight excluding hydrogens is 384 g/mol. The molecule has 1 fully saturated rings. The van der Waals surface area contributed by atoms with Crippen molar-refractivity contribution in [3.8, 4) is 0 Å². The Morgan fingerprint density at radius 3 is 2.55 bits per heavy atom. The second-order valence-corrected chi connectivity index (χ2v) is 8.42. The third kappa shape index (κ3) is 4.06. The van der Waals surface area contributed by atoms with E-state index < -0.39 is 5.97 Å². The summed E-state index contributed by atoms with van der Waals surface area (Å²) in [7, 11) is 0. The van der Waals surface area contributed by atoms with Crippen molar-refractivity contribution in [1.29, 1.82) is 0 Å². The highest BCUT2D eigenvalue weighted by Gasteiger charge is 2.20. The Hall–Kier alpha value is -3.53. The Bertz CT molecular complexity index is 1220. The molecule has 5 rings (SSSR count). The van der Waals surface area contributed by atoms with E-state index in [4.69, 9.17) is 0 Å². The molecule has 0 spiro atoms. The molecule has 0 unspecified atom stereocenters. The van der Waals surface area contributed by atoms with E-state index in [1.807, 2.05) is 24.3 Å². The summed E-state index contributed by atoms with van der Waals surface area (Å²) in [5.41, 5.74) is 5.43. The monoisotopic (exact) mass is 410 g/mol. The van der Waals surface area contributed by atoms with Crippen LogP contribution in [0.1, 0.15) is 53.1 Å². The number of carboxylic acid groups (broad SMARTS) is 1. The average molecular weight is 411 g/mol. The van der Waals surface area contributed by atoms with Crippen molar-refractivity contribution >= 4 is 28.2 Å². The molecule has 4 heteroatoms. The van der Waals surface area contributed by atoms with Crippen LogP contribution in [0.4, 0.5) is 11.4 Å². The van der Waals surface area contributed by atoms with Crippen LogP contribution >= 0.6 is 0 Å². The van der Waals surface area contributed by atoms with E-state index in [0.717, 1.165) is 41.5 Å². The Morgan fingerprint density at radius 2 is 1.77 bits per heavy atom. The quantitative estimate of drug-likeness (QED) is 0.368. The zero-order valence-electron chi connectivity index (χ0n) is 17.4. The molecule has 1 aromatic heterocycles. The maximum Gasteiger partial charge on any atom is 0.337 e. The molecule has 0 amide bonds. The summed E-state index contributed by atoms with van der Waals surface area (Å²) in [6.45, 7) is 0.822. The number of carboxylic acids is 1. The maximum absolute atomic E-state index is 11.9. The molecule has 0 atom stereocenters. The van der Waals surface area contributed by atoms with E-state index in [1.165, 1.54) is 18.4 Å². The van der Waals surface area contributed by atoms with E-state index in [9.17, 15) is 9.90 Å². The van der Waals surface area contributed by atoms with Gasteiger partial charge in [0.2, 0.25) is 0 Å². The number of anilines is 2. The third-order valence-corrected chi connectivity index (χ3v) is 6.35. The summed E-state index contributed by atoms with van der Waals surface area (Å²) in [6, 6.07) is 24.5. The lowest BCUT2D eigenvalue weighted by Crippen LogP contribution is -2.05. The molecule has 0 radical (unpaired) electrons. The number of benzene rings is 3. The smallest absolute Gasteiger partial charge is 0.337 e. The highest BCUT2D eigenvalue weighted by molar-refractivity contribution is 5.96. The normalized spacial score (nSPS) is 14.2. The standard InChI is InChI=1S/C27H26N2O2/c30-27(31)24-17-21(20-8-4-5-9-20)10-12-25(24)28-23-11-13-26-22(16-23)14-15-29(26)18-19-6-2-1-3-7-19/h1-3,6-7,10-17,20,28H,4-5,8-9,18H2,(H,30,31). The molecule has 0 aliphatic heterocycles. The van der Waals surface area contributed by atoms with Gasteiger partial charge in [-0.1, -0.05) is 49.2 Å². The number of nitrogens with zero attached hydrogens (tertiary/aromatic N) is 1. The van der Waals surface area contributed by atoms with Crippen molar-refractivity contribution < 1.29 is 9.90 Å². The molecule has 4 aromatic rings. The van der Waals surface area contributed by atoms with E-state index in [2.05, 4.69) is 64.6 Å². The minimum absolute atomic E-state index is 0.339. The van der Waals surface area contributed by atoms with Crippen molar-refractivity contribution in [3.63, 3.8) is 0 Å². The van der Waals surface area contributed by atoms with Crippen LogP contribution in [0.3, 0.4) is 0 Å². The second kappa shape index (κ2) is 8.31. The van der Waals surface area contributed by atoms with E-state index in [0.29, 0.717) is 17.2 Å². The predicted molar refractivity (Wildman–Crippen MR) is 125 cm³/mol.